The minimum atomic E-state index is 0.819. The zero-order valence-corrected chi connectivity index (χ0v) is 14.6. The van der Waals surface area contributed by atoms with Crippen LogP contribution in [0.25, 0.3) is 10.9 Å². The number of fused-ring (bicyclic) bond motifs is 1. The Hall–Kier alpha value is -2.60. The van der Waals surface area contributed by atoms with E-state index in [4.69, 9.17) is 9.26 Å². The second kappa shape index (κ2) is 6.72. The topological polar surface area (TPSA) is 54.6 Å². The SMILES string of the molecule is COc1ccc2nccc(N3CCN(Cc4cc(C)no4)CC3)c2c1. The number of anilines is 1. The van der Waals surface area contributed by atoms with E-state index in [9.17, 15) is 0 Å². The minimum absolute atomic E-state index is 0.819. The highest BCUT2D eigenvalue weighted by atomic mass is 16.5. The van der Waals surface area contributed by atoms with E-state index < -0.39 is 0 Å². The third-order valence-electron chi connectivity index (χ3n) is 4.69. The number of rotatable bonds is 4. The van der Waals surface area contributed by atoms with Crippen molar-refractivity contribution in [3.05, 3.63) is 48.0 Å². The maximum atomic E-state index is 5.38. The van der Waals surface area contributed by atoms with Crippen molar-refractivity contribution in [3.63, 3.8) is 0 Å². The summed E-state index contributed by atoms with van der Waals surface area (Å²) in [6, 6.07) is 10.1. The molecule has 3 heterocycles. The molecule has 2 aromatic heterocycles. The second-order valence-corrected chi connectivity index (χ2v) is 6.41. The lowest BCUT2D eigenvalue weighted by atomic mass is 10.1. The van der Waals surface area contributed by atoms with Crippen LogP contribution in [0.1, 0.15) is 11.5 Å². The number of pyridine rings is 1. The first-order valence-electron chi connectivity index (χ1n) is 8.55. The molecule has 25 heavy (non-hydrogen) atoms. The molecule has 1 saturated heterocycles. The van der Waals surface area contributed by atoms with E-state index in [0.29, 0.717) is 0 Å². The Morgan fingerprint density at radius 1 is 1.12 bits per heavy atom. The number of methoxy groups -OCH3 is 1. The Morgan fingerprint density at radius 3 is 2.68 bits per heavy atom. The first-order valence-corrected chi connectivity index (χ1v) is 8.55. The van der Waals surface area contributed by atoms with Crippen molar-refractivity contribution in [2.75, 3.05) is 38.2 Å². The predicted octanol–water partition coefficient (Wildman–Crippen LogP) is 2.86. The molecule has 3 aromatic rings. The van der Waals surface area contributed by atoms with E-state index in [1.165, 1.54) is 5.69 Å². The first-order chi connectivity index (χ1) is 12.2. The zero-order chi connectivity index (χ0) is 17.2. The van der Waals surface area contributed by atoms with Crippen molar-refractivity contribution in [2.45, 2.75) is 13.5 Å². The van der Waals surface area contributed by atoms with Crippen molar-refractivity contribution in [3.8, 4) is 5.75 Å². The Balaban J connectivity index is 1.49. The summed E-state index contributed by atoms with van der Waals surface area (Å²) in [5.41, 5.74) is 3.16. The van der Waals surface area contributed by atoms with Crippen LogP contribution in [0.4, 0.5) is 5.69 Å². The Morgan fingerprint density at radius 2 is 1.96 bits per heavy atom. The van der Waals surface area contributed by atoms with Crippen LogP contribution in [0.5, 0.6) is 5.75 Å². The molecule has 0 radical (unpaired) electrons. The molecule has 1 fully saturated rings. The largest absolute Gasteiger partial charge is 0.497 e. The normalized spacial score (nSPS) is 15.7. The number of hydrogen-bond acceptors (Lipinski definition) is 6. The molecule has 0 unspecified atom stereocenters. The monoisotopic (exact) mass is 338 g/mol. The summed E-state index contributed by atoms with van der Waals surface area (Å²) in [7, 11) is 1.70. The van der Waals surface area contributed by atoms with Crippen molar-refractivity contribution < 1.29 is 9.26 Å². The average Bonchev–Trinajstić information content (AvgIpc) is 3.06. The van der Waals surface area contributed by atoms with Crippen LogP contribution >= 0.6 is 0 Å². The van der Waals surface area contributed by atoms with Crippen LogP contribution in [0.2, 0.25) is 0 Å². The van der Waals surface area contributed by atoms with Crippen LogP contribution in [0.15, 0.2) is 41.1 Å². The summed E-state index contributed by atoms with van der Waals surface area (Å²) in [5.74, 6) is 1.80. The molecule has 0 amide bonds. The number of piperazine rings is 1. The van der Waals surface area contributed by atoms with Gasteiger partial charge in [0, 0.05) is 49.5 Å². The van der Waals surface area contributed by atoms with E-state index >= 15 is 0 Å². The molecule has 1 aliphatic heterocycles. The summed E-state index contributed by atoms with van der Waals surface area (Å²) in [4.78, 5) is 9.30. The van der Waals surface area contributed by atoms with Crippen LogP contribution in [-0.4, -0.2) is 48.3 Å². The van der Waals surface area contributed by atoms with Crippen molar-refractivity contribution in [1.29, 1.82) is 0 Å². The number of aryl methyl sites for hydroxylation is 1. The van der Waals surface area contributed by atoms with Crippen LogP contribution in [0, 0.1) is 6.92 Å². The molecule has 0 N–H and O–H groups in total. The summed E-state index contributed by atoms with van der Waals surface area (Å²) in [5, 5.41) is 5.10. The lowest BCUT2D eigenvalue weighted by molar-refractivity contribution is 0.219. The van der Waals surface area contributed by atoms with Gasteiger partial charge in [0.15, 0.2) is 5.76 Å². The fourth-order valence-electron chi connectivity index (χ4n) is 3.37. The van der Waals surface area contributed by atoms with Crippen molar-refractivity contribution in [1.82, 2.24) is 15.0 Å². The second-order valence-electron chi connectivity index (χ2n) is 6.41. The van der Waals surface area contributed by atoms with Gasteiger partial charge < -0.3 is 14.2 Å². The van der Waals surface area contributed by atoms with Gasteiger partial charge in [0.05, 0.1) is 24.9 Å². The molecule has 0 aliphatic carbocycles. The van der Waals surface area contributed by atoms with Crippen molar-refractivity contribution >= 4 is 16.6 Å². The number of aromatic nitrogens is 2. The number of ether oxygens (including phenoxy) is 1. The van der Waals surface area contributed by atoms with E-state index in [2.05, 4.69) is 32.1 Å². The Bertz CT molecular complexity index is 869. The van der Waals surface area contributed by atoms with Gasteiger partial charge in [-0.2, -0.15) is 0 Å². The molecule has 0 atom stereocenters. The van der Waals surface area contributed by atoms with Gasteiger partial charge in [-0.1, -0.05) is 5.16 Å². The van der Waals surface area contributed by atoms with Gasteiger partial charge in [-0.3, -0.25) is 9.88 Å². The molecule has 0 bridgehead atoms. The summed E-state index contributed by atoms with van der Waals surface area (Å²) in [6.45, 7) is 6.71. The average molecular weight is 338 g/mol. The van der Waals surface area contributed by atoms with Gasteiger partial charge in [-0.25, -0.2) is 0 Å². The summed E-state index contributed by atoms with van der Waals surface area (Å²) in [6.07, 6.45) is 1.88. The van der Waals surface area contributed by atoms with Crippen LogP contribution in [0.3, 0.4) is 0 Å². The summed E-state index contributed by atoms with van der Waals surface area (Å²) >= 11 is 0. The fraction of sp³-hybridized carbons (Fsp3) is 0.368. The van der Waals surface area contributed by atoms with Crippen molar-refractivity contribution in [2.24, 2.45) is 0 Å². The highest BCUT2D eigenvalue weighted by molar-refractivity contribution is 5.92. The maximum absolute atomic E-state index is 5.38. The third-order valence-corrected chi connectivity index (χ3v) is 4.69. The lowest BCUT2D eigenvalue weighted by Crippen LogP contribution is -2.46. The minimum Gasteiger partial charge on any atom is -0.497 e. The standard InChI is InChI=1S/C19H22N4O2/c1-14-11-16(25-21-14)13-22-7-9-23(10-8-22)19-5-6-20-18-4-3-15(24-2)12-17(18)19/h3-6,11-12H,7-10,13H2,1-2H3. The summed E-state index contributed by atoms with van der Waals surface area (Å²) < 4.78 is 10.7. The third kappa shape index (κ3) is 3.30. The highest BCUT2D eigenvalue weighted by Gasteiger charge is 2.20. The Labute approximate surface area is 147 Å². The van der Waals surface area contributed by atoms with Gasteiger partial charge >= 0.3 is 0 Å². The van der Waals surface area contributed by atoms with E-state index in [1.54, 1.807) is 7.11 Å². The molecule has 1 aromatic carbocycles. The molecule has 0 spiro atoms. The number of hydrogen-bond donors (Lipinski definition) is 0. The zero-order valence-electron chi connectivity index (χ0n) is 14.6. The van der Waals surface area contributed by atoms with E-state index in [1.807, 2.05) is 31.3 Å². The van der Waals surface area contributed by atoms with Gasteiger partial charge in [0.2, 0.25) is 0 Å². The molecule has 0 saturated carbocycles. The molecule has 6 heteroatoms. The fourth-order valence-corrected chi connectivity index (χ4v) is 3.37. The lowest BCUT2D eigenvalue weighted by Gasteiger charge is -2.36. The smallest absolute Gasteiger partial charge is 0.150 e. The molecule has 130 valence electrons. The highest BCUT2D eigenvalue weighted by Crippen LogP contribution is 2.29. The van der Waals surface area contributed by atoms with Gasteiger partial charge in [-0.05, 0) is 31.2 Å². The van der Waals surface area contributed by atoms with Gasteiger partial charge in [-0.15, -0.1) is 0 Å². The molecule has 4 rings (SSSR count). The van der Waals surface area contributed by atoms with E-state index in [-0.39, 0.29) is 0 Å². The first kappa shape index (κ1) is 15.9. The van der Waals surface area contributed by atoms with Crippen LogP contribution < -0.4 is 9.64 Å². The van der Waals surface area contributed by atoms with Crippen LogP contribution in [-0.2, 0) is 6.54 Å². The van der Waals surface area contributed by atoms with E-state index in [0.717, 1.165) is 60.8 Å². The molecule has 1 aliphatic rings. The Kier molecular flexibility index (Phi) is 4.28. The predicted molar refractivity (Wildman–Crippen MR) is 97.0 cm³/mol. The molecule has 6 nitrogen and oxygen atoms in total. The number of nitrogens with zero attached hydrogens (tertiary/aromatic N) is 4. The van der Waals surface area contributed by atoms with Gasteiger partial charge in [0.1, 0.15) is 5.75 Å². The van der Waals surface area contributed by atoms with Gasteiger partial charge in [0.25, 0.3) is 0 Å². The molecular weight excluding hydrogens is 316 g/mol. The number of benzene rings is 1. The molecular formula is C19H22N4O2. The quantitative estimate of drug-likeness (QED) is 0.729. The maximum Gasteiger partial charge on any atom is 0.150 e.